The lowest BCUT2D eigenvalue weighted by molar-refractivity contribution is 0.669. The van der Waals surface area contributed by atoms with Crippen molar-refractivity contribution in [2.24, 2.45) is 0 Å². The van der Waals surface area contributed by atoms with E-state index in [9.17, 15) is 0 Å². The molecular weight excluding hydrogens is 907 g/mol. The van der Waals surface area contributed by atoms with Gasteiger partial charge in [0, 0.05) is 27.8 Å². The molecule has 0 unspecified atom stereocenters. The summed E-state index contributed by atoms with van der Waals surface area (Å²) in [4.78, 5) is 2.40. The molecule has 1 aromatic heterocycles. The molecule has 12 aromatic carbocycles. The van der Waals surface area contributed by atoms with Gasteiger partial charge in [-0.15, -0.1) is 0 Å². The summed E-state index contributed by atoms with van der Waals surface area (Å²) < 4.78 is 6.21. The molecule has 0 bridgehead atoms. The molecule has 14 rings (SSSR count). The van der Waals surface area contributed by atoms with Crippen LogP contribution in [0.15, 0.2) is 302 Å². The molecule has 2 nitrogen and oxygen atoms in total. The van der Waals surface area contributed by atoms with Gasteiger partial charge in [-0.2, -0.15) is 0 Å². The Morgan fingerprint density at radius 3 is 1.47 bits per heavy atom. The minimum absolute atomic E-state index is 0.491. The van der Waals surface area contributed by atoms with Gasteiger partial charge in [0.2, 0.25) is 0 Å². The summed E-state index contributed by atoms with van der Waals surface area (Å²) >= 11 is 0. The Balaban J connectivity index is 0.908. The van der Waals surface area contributed by atoms with Crippen molar-refractivity contribution in [3.05, 3.63) is 320 Å². The van der Waals surface area contributed by atoms with Gasteiger partial charge in [-0.3, -0.25) is 0 Å². The summed E-state index contributed by atoms with van der Waals surface area (Å²) in [7, 11) is 0. The molecule has 0 fully saturated rings. The van der Waals surface area contributed by atoms with E-state index in [0.717, 1.165) is 61.3 Å². The molecule has 1 heterocycles. The van der Waals surface area contributed by atoms with Crippen LogP contribution in [0, 0.1) is 0 Å². The van der Waals surface area contributed by atoms with Crippen LogP contribution in [-0.4, -0.2) is 0 Å². The number of rotatable bonds is 10. The Labute approximate surface area is 437 Å². The topological polar surface area (TPSA) is 16.4 Å². The Bertz CT molecular complexity index is 4160. The third-order valence-electron chi connectivity index (χ3n) is 15.4. The second-order valence-corrected chi connectivity index (χ2v) is 19.5. The van der Waals surface area contributed by atoms with Crippen molar-refractivity contribution >= 4 is 39.0 Å². The first-order valence-corrected chi connectivity index (χ1v) is 25.8. The highest BCUT2D eigenvalue weighted by atomic mass is 16.3. The smallest absolute Gasteiger partial charge is 0.135 e. The second-order valence-electron chi connectivity index (χ2n) is 19.5. The van der Waals surface area contributed by atoms with Crippen molar-refractivity contribution in [3.63, 3.8) is 0 Å². The molecule has 13 aromatic rings. The van der Waals surface area contributed by atoms with Gasteiger partial charge in [0.05, 0.1) is 5.41 Å². The standard InChI is InChI=1S/C73H49NO/c1-5-19-50(20-6-1)54-39-45-62(66(48-54)52-21-7-2-8-22-52)53-37-43-60(44-38-53)74(59-41-35-51(36-42-59)55-40-46-71-67(49-55)64-29-14-16-34-70(64)75-71)61-28-17-23-56(47-61)63-31-18-33-69-72(63)65-30-13-15-32-68(65)73(69,57-24-9-3-10-25-57)58-26-11-4-12-27-58/h1-49H. The third-order valence-corrected chi connectivity index (χ3v) is 15.4. The largest absolute Gasteiger partial charge is 0.456 e. The lowest BCUT2D eigenvalue weighted by Crippen LogP contribution is -2.28. The van der Waals surface area contributed by atoms with Gasteiger partial charge in [-0.25, -0.2) is 0 Å². The predicted molar refractivity (Wildman–Crippen MR) is 313 cm³/mol. The van der Waals surface area contributed by atoms with E-state index in [4.69, 9.17) is 4.42 Å². The SMILES string of the molecule is c1ccc(-c2ccc(-c3ccc(N(c4ccc(-c5ccc6oc7ccccc7c6c5)cc4)c4cccc(-c5cccc6c5-c5ccccc5C6(c5ccccc5)c5ccccc5)c4)cc3)c(-c3ccccc3)c2)cc1. The zero-order valence-electron chi connectivity index (χ0n) is 41.1. The van der Waals surface area contributed by atoms with Gasteiger partial charge in [0.1, 0.15) is 11.2 Å². The van der Waals surface area contributed by atoms with E-state index >= 15 is 0 Å². The van der Waals surface area contributed by atoms with Gasteiger partial charge in [0.25, 0.3) is 0 Å². The zero-order valence-corrected chi connectivity index (χ0v) is 41.1. The quantitative estimate of drug-likeness (QED) is 0.136. The van der Waals surface area contributed by atoms with Crippen molar-refractivity contribution in [1.29, 1.82) is 0 Å². The Morgan fingerprint density at radius 2 is 0.747 bits per heavy atom. The van der Waals surface area contributed by atoms with Crippen LogP contribution in [0.2, 0.25) is 0 Å². The fourth-order valence-electron chi connectivity index (χ4n) is 12.0. The maximum absolute atomic E-state index is 6.21. The number of hydrogen-bond acceptors (Lipinski definition) is 2. The van der Waals surface area contributed by atoms with E-state index in [2.05, 4.69) is 290 Å². The lowest BCUT2D eigenvalue weighted by Gasteiger charge is -2.34. The van der Waals surface area contributed by atoms with Crippen molar-refractivity contribution in [3.8, 4) is 66.8 Å². The second kappa shape index (κ2) is 18.4. The molecule has 0 N–H and O–H groups in total. The van der Waals surface area contributed by atoms with E-state index in [-0.39, 0.29) is 0 Å². The van der Waals surface area contributed by atoms with Crippen LogP contribution in [-0.2, 0) is 5.41 Å². The maximum atomic E-state index is 6.21. The number of benzene rings is 12. The summed E-state index contributed by atoms with van der Waals surface area (Å²) in [6.07, 6.45) is 0. The molecule has 0 radical (unpaired) electrons. The fraction of sp³-hybridized carbons (Fsp3) is 0.0137. The Morgan fingerprint density at radius 1 is 0.253 bits per heavy atom. The van der Waals surface area contributed by atoms with E-state index in [1.165, 1.54) is 66.8 Å². The lowest BCUT2D eigenvalue weighted by atomic mass is 9.67. The van der Waals surface area contributed by atoms with Gasteiger partial charge in [-0.05, 0) is 150 Å². The van der Waals surface area contributed by atoms with E-state index in [1.54, 1.807) is 0 Å². The number of para-hydroxylation sites is 1. The van der Waals surface area contributed by atoms with Gasteiger partial charge < -0.3 is 9.32 Å². The van der Waals surface area contributed by atoms with Crippen LogP contribution in [0.3, 0.4) is 0 Å². The molecule has 1 aliphatic carbocycles. The molecule has 0 amide bonds. The number of fused-ring (bicyclic) bond motifs is 6. The van der Waals surface area contributed by atoms with Gasteiger partial charge in [0.15, 0.2) is 0 Å². The predicted octanol–water partition coefficient (Wildman–Crippen LogP) is 19.8. The van der Waals surface area contributed by atoms with Crippen LogP contribution in [0.1, 0.15) is 22.3 Å². The highest BCUT2D eigenvalue weighted by molar-refractivity contribution is 6.06. The molecule has 75 heavy (non-hydrogen) atoms. The third kappa shape index (κ3) is 7.49. The minimum atomic E-state index is -0.491. The molecule has 2 heteroatoms. The molecular formula is C73H49NO. The molecule has 0 atom stereocenters. The molecule has 0 spiro atoms. The molecule has 0 saturated carbocycles. The van der Waals surface area contributed by atoms with Crippen molar-refractivity contribution in [2.75, 3.05) is 4.90 Å². The van der Waals surface area contributed by atoms with Gasteiger partial charge in [-0.1, -0.05) is 237 Å². The first kappa shape index (κ1) is 44.0. The van der Waals surface area contributed by atoms with Crippen LogP contribution in [0.5, 0.6) is 0 Å². The first-order chi connectivity index (χ1) is 37.2. The molecule has 0 aliphatic heterocycles. The van der Waals surface area contributed by atoms with Gasteiger partial charge >= 0.3 is 0 Å². The van der Waals surface area contributed by atoms with Crippen molar-refractivity contribution in [2.45, 2.75) is 5.41 Å². The van der Waals surface area contributed by atoms with Crippen LogP contribution in [0.25, 0.3) is 88.7 Å². The van der Waals surface area contributed by atoms with E-state index in [0.29, 0.717) is 0 Å². The van der Waals surface area contributed by atoms with Crippen LogP contribution in [0.4, 0.5) is 17.1 Å². The number of anilines is 3. The number of furan rings is 1. The zero-order chi connectivity index (χ0) is 49.7. The average molecular weight is 956 g/mol. The van der Waals surface area contributed by atoms with Crippen LogP contribution < -0.4 is 4.90 Å². The highest BCUT2D eigenvalue weighted by Crippen LogP contribution is 2.58. The summed E-state index contributed by atoms with van der Waals surface area (Å²) in [5.41, 5.74) is 23.9. The van der Waals surface area contributed by atoms with Crippen LogP contribution >= 0.6 is 0 Å². The van der Waals surface area contributed by atoms with E-state index < -0.39 is 5.41 Å². The first-order valence-electron chi connectivity index (χ1n) is 25.8. The summed E-state index contributed by atoms with van der Waals surface area (Å²) in [5, 5.41) is 2.25. The normalized spacial score (nSPS) is 12.4. The fourth-order valence-corrected chi connectivity index (χ4v) is 12.0. The summed E-state index contributed by atoms with van der Waals surface area (Å²) in [6.45, 7) is 0. The Hall–Kier alpha value is -9.76. The maximum Gasteiger partial charge on any atom is 0.135 e. The Kier molecular flexibility index (Phi) is 10.8. The summed E-state index contributed by atoms with van der Waals surface area (Å²) in [6, 6.07) is 108. The summed E-state index contributed by atoms with van der Waals surface area (Å²) in [5.74, 6) is 0. The average Bonchev–Trinajstić information content (AvgIpc) is 4.11. The van der Waals surface area contributed by atoms with Crippen molar-refractivity contribution in [1.82, 2.24) is 0 Å². The highest BCUT2D eigenvalue weighted by Gasteiger charge is 2.46. The monoisotopic (exact) mass is 955 g/mol. The molecule has 0 saturated heterocycles. The number of nitrogens with zero attached hydrogens (tertiary/aromatic N) is 1. The molecule has 352 valence electrons. The minimum Gasteiger partial charge on any atom is -0.456 e. The molecule has 1 aliphatic rings. The van der Waals surface area contributed by atoms with Crippen molar-refractivity contribution < 1.29 is 4.42 Å². The van der Waals surface area contributed by atoms with E-state index in [1.807, 2.05) is 12.1 Å². The number of hydrogen-bond donors (Lipinski definition) is 0.